The van der Waals surface area contributed by atoms with Crippen molar-refractivity contribution in [1.29, 1.82) is 0 Å². The highest BCUT2D eigenvalue weighted by Gasteiger charge is 2.49. The summed E-state index contributed by atoms with van der Waals surface area (Å²) in [4.78, 5) is 0. The van der Waals surface area contributed by atoms with E-state index in [0.29, 0.717) is 0 Å². The van der Waals surface area contributed by atoms with Gasteiger partial charge < -0.3 is 4.74 Å². The van der Waals surface area contributed by atoms with E-state index in [1.165, 1.54) is 24.2 Å². The van der Waals surface area contributed by atoms with Gasteiger partial charge in [0.1, 0.15) is 0 Å². The Morgan fingerprint density at radius 3 is 2.81 bits per heavy atom. The van der Waals surface area contributed by atoms with E-state index in [-0.39, 0.29) is 0 Å². The normalized spacial score (nSPS) is 32.5. The minimum Gasteiger partial charge on any atom is -0.384 e. The topological polar surface area (TPSA) is 39.9 Å². The molecule has 0 unspecified atom stereocenters. The third-order valence-electron chi connectivity index (χ3n) is 4.32. The van der Waals surface area contributed by atoms with E-state index >= 15 is 0 Å². The number of rotatable bonds is 2. The molecule has 1 fully saturated rings. The number of ether oxygens (including phenoxy) is 1. The number of methoxy groups -OCH3 is 1. The van der Waals surface area contributed by atoms with Crippen LogP contribution in [-0.4, -0.2) is 28.7 Å². The Morgan fingerprint density at radius 1 is 1.31 bits per heavy atom. The minimum atomic E-state index is 0.812. The average molecular weight is 221 g/mol. The summed E-state index contributed by atoms with van der Waals surface area (Å²) in [7, 11) is 3.82. The second-order valence-corrected chi connectivity index (χ2v) is 5.13. The second kappa shape index (κ2) is 3.84. The molecule has 3 atom stereocenters. The van der Waals surface area contributed by atoms with Gasteiger partial charge in [-0.25, -0.2) is 0 Å². The number of fused-ring (bicyclic) bond motifs is 2. The van der Waals surface area contributed by atoms with Gasteiger partial charge in [0.15, 0.2) is 0 Å². The number of aromatic nitrogens is 3. The lowest BCUT2D eigenvalue weighted by Crippen LogP contribution is -2.04. The van der Waals surface area contributed by atoms with Crippen LogP contribution in [0.5, 0.6) is 0 Å². The Hall–Kier alpha value is -0.900. The van der Waals surface area contributed by atoms with Crippen LogP contribution >= 0.6 is 0 Å². The molecule has 2 aliphatic carbocycles. The Bertz CT molecular complexity index is 388. The first-order chi connectivity index (χ1) is 7.81. The molecule has 0 saturated heterocycles. The maximum atomic E-state index is 5.29. The molecule has 1 saturated carbocycles. The van der Waals surface area contributed by atoms with Crippen molar-refractivity contribution >= 4 is 0 Å². The van der Waals surface area contributed by atoms with Crippen LogP contribution in [0.15, 0.2) is 0 Å². The SMILES string of the molecule is COC[C@H]1[C@@H]2CCc3nnn(C)c3CC[C@@H]21. The number of hydrogen-bond acceptors (Lipinski definition) is 3. The summed E-state index contributed by atoms with van der Waals surface area (Å²) in [6.45, 7) is 0.942. The predicted octanol–water partition coefficient (Wildman–Crippen LogP) is 1.20. The first-order valence-electron chi connectivity index (χ1n) is 6.17. The van der Waals surface area contributed by atoms with Crippen molar-refractivity contribution in [1.82, 2.24) is 15.0 Å². The van der Waals surface area contributed by atoms with Crippen LogP contribution in [0, 0.1) is 17.8 Å². The summed E-state index contributed by atoms with van der Waals surface area (Å²) in [5, 5.41) is 8.38. The molecule has 0 N–H and O–H groups in total. The maximum Gasteiger partial charge on any atom is 0.0859 e. The number of aryl methyl sites for hydroxylation is 2. The van der Waals surface area contributed by atoms with Crippen molar-refractivity contribution in [2.45, 2.75) is 25.7 Å². The average Bonchev–Trinajstić information content (AvgIpc) is 2.76. The van der Waals surface area contributed by atoms with E-state index in [1.54, 1.807) is 0 Å². The molecule has 4 nitrogen and oxygen atoms in total. The maximum absolute atomic E-state index is 5.29. The third-order valence-corrected chi connectivity index (χ3v) is 4.32. The molecule has 0 bridgehead atoms. The van der Waals surface area contributed by atoms with Gasteiger partial charge in [-0.15, -0.1) is 5.10 Å². The summed E-state index contributed by atoms with van der Waals surface area (Å²) in [6.07, 6.45) is 4.79. The molecule has 2 aliphatic rings. The quantitative estimate of drug-likeness (QED) is 0.753. The lowest BCUT2D eigenvalue weighted by atomic mass is 10.0. The first kappa shape index (κ1) is 10.3. The summed E-state index contributed by atoms with van der Waals surface area (Å²) < 4.78 is 7.24. The molecule has 1 aromatic rings. The zero-order valence-corrected chi connectivity index (χ0v) is 10.0. The van der Waals surface area contributed by atoms with E-state index in [4.69, 9.17) is 4.74 Å². The van der Waals surface area contributed by atoms with E-state index in [1.807, 2.05) is 18.8 Å². The second-order valence-electron chi connectivity index (χ2n) is 5.13. The largest absolute Gasteiger partial charge is 0.384 e. The van der Waals surface area contributed by atoms with E-state index < -0.39 is 0 Å². The van der Waals surface area contributed by atoms with E-state index in [0.717, 1.165) is 37.2 Å². The van der Waals surface area contributed by atoms with Gasteiger partial charge in [-0.05, 0) is 43.4 Å². The van der Waals surface area contributed by atoms with Crippen molar-refractivity contribution in [3.05, 3.63) is 11.4 Å². The number of nitrogens with zero attached hydrogens (tertiary/aromatic N) is 3. The molecular weight excluding hydrogens is 202 g/mol. The molecule has 88 valence electrons. The fourth-order valence-electron chi connectivity index (χ4n) is 3.35. The van der Waals surface area contributed by atoms with Gasteiger partial charge in [-0.2, -0.15) is 0 Å². The van der Waals surface area contributed by atoms with Gasteiger partial charge in [0.2, 0.25) is 0 Å². The molecule has 0 aromatic carbocycles. The van der Waals surface area contributed by atoms with Crippen LogP contribution in [0.25, 0.3) is 0 Å². The molecule has 16 heavy (non-hydrogen) atoms. The molecule has 0 aliphatic heterocycles. The molecule has 0 amide bonds. The fraction of sp³-hybridized carbons (Fsp3) is 0.833. The Kier molecular flexibility index (Phi) is 2.46. The van der Waals surface area contributed by atoms with E-state index in [9.17, 15) is 0 Å². The summed E-state index contributed by atoms with van der Waals surface area (Å²) in [5.74, 6) is 2.59. The smallest absolute Gasteiger partial charge is 0.0859 e. The third kappa shape index (κ3) is 1.56. The van der Waals surface area contributed by atoms with Crippen molar-refractivity contribution < 1.29 is 4.74 Å². The van der Waals surface area contributed by atoms with Crippen LogP contribution < -0.4 is 0 Å². The predicted molar refractivity (Wildman–Crippen MR) is 60.0 cm³/mol. The Balaban J connectivity index is 1.73. The fourth-order valence-corrected chi connectivity index (χ4v) is 3.35. The Labute approximate surface area is 96.0 Å². The van der Waals surface area contributed by atoms with Crippen LogP contribution in [-0.2, 0) is 24.6 Å². The van der Waals surface area contributed by atoms with Gasteiger partial charge in [0.25, 0.3) is 0 Å². The van der Waals surface area contributed by atoms with Crippen molar-refractivity contribution in [2.24, 2.45) is 24.8 Å². The van der Waals surface area contributed by atoms with Crippen molar-refractivity contribution in [3.8, 4) is 0 Å². The summed E-state index contributed by atoms with van der Waals surface area (Å²) in [6, 6.07) is 0. The molecule has 1 heterocycles. The van der Waals surface area contributed by atoms with Crippen LogP contribution in [0.4, 0.5) is 0 Å². The van der Waals surface area contributed by atoms with Crippen LogP contribution in [0.1, 0.15) is 24.2 Å². The molecular formula is C12H19N3O. The van der Waals surface area contributed by atoms with E-state index in [2.05, 4.69) is 10.3 Å². The van der Waals surface area contributed by atoms with Gasteiger partial charge in [-0.3, -0.25) is 4.68 Å². The molecule has 3 rings (SSSR count). The highest BCUT2D eigenvalue weighted by Crippen LogP contribution is 2.52. The summed E-state index contributed by atoms with van der Waals surface area (Å²) in [5.41, 5.74) is 2.57. The monoisotopic (exact) mass is 221 g/mol. The van der Waals surface area contributed by atoms with Gasteiger partial charge >= 0.3 is 0 Å². The Morgan fingerprint density at radius 2 is 2.06 bits per heavy atom. The first-order valence-corrected chi connectivity index (χ1v) is 6.17. The summed E-state index contributed by atoms with van der Waals surface area (Å²) >= 11 is 0. The van der Waals surface area contributed by atoms with Crippen molar-refractivity contribution in [2.75, 3.05) is 13.7 Å². The van der Waals surface area contributed by atoms with Crippen LogP contribution in [0.3, 0.4) is 0 Å². The highest BCUT2D eigenvalue weighted by atomic mass is 16.5. The van der Waals surface area contributed by atoms with Gasteiger partial charge in [0, 0.05) is 20.8 Å². The minimum absolute atomic E-state index is 0.812. The lowest BCUT2D eigenvalue weighted by molar-refractivity contribution is 0.176. The zero-order valence-electron chi connectivity index (χ0n) is 10.0. The molecule has 0 spiro atoms. The number of hydrogen-bond donors (Lipinski definition) is 0. The lowest BCUT2D eigenvalue weighted by Gasteiger charge is -2.07. The zero-order chi connectivity index (χ0) is 11.1. The molecule has 4 heteroatoms. The molecule has 1 aromatic heterocycles. The standard InChI is InChI=1S/C12H19N3O/c1-15-12-6-4-9-8(10(9)7-16-2)3-5-11(12)13-14-15/h8-10H,3-7H2,1-2H3/t8-,9+,10+/m1/s1. The van der Waals surface area contributed by atoms with Crippen molar-refractivity contribution in [3.63, 3.8) is 0 Å². The van der Waals surface area contributed by atoms with Crippen LogP contribution in [0.2, 0.25) is 0 Å². The van der Waals surface area contributed by atoms with Gasteiger partial charge in [-0.1, -0.05) is 5.21 Å². The molecule has 0 radical (unpaired) electrons. The highest BCUT2D eigenvalue weighted by molar-refractivity contribution is 5.14. The van der Waals surface area contributed by atoms with Gasteiger partial charge in [0.05, 0.1) is 11.4 Å².